The average Bonchev–Trinajstić information content (AvgIpc) is 3.22. The highest BCUT2D eigenvalue weighted by Crippen LogP contribution is 2.29. The maximum absolute atomic E-state index is 13.1. The minimum absolute atomic E-state index is 0.131. The van der Waals surface area contributed by atoms with Crippen LogP contribution in [0, 0.1) is 0 Å². The molecule has 0 radical (unpaired) electrons. The molecule has 0 saturated carbocycles. The molecule has 4 nitrogen and oxygen atoms in total. The third-order valence-corrected chi connectivity index (χ3v) is 6.36. The van der Waals surface area contributed by atoms with Crippen molar-refractivity contribution in [1.82, 2.24) is 14.3 Å². The number of piperidine rings is 1. The highest BCUT2D eigenvalue weighted by molar-refractivity contribution is 7.15. The molecule has 1 saturated heterocycles. The Labute approximate surface area is 143 Å². The van der Waals surface area contributed by atoms with Crippen LogP contribution in [0.2, 0.25) is 0 Å². The van der Waals surface area contributed by atoms with Gasteiger partial charge in [0, 0.05) is 23.7 Å². The molecule has 3 aromatic heterocycles. The summed E-state index contributed by atoms with van der Waals surface area (Å²) in [5, 5.41) is 3.99. The highest BCUT2D eigenvalue weighted by Gasteiger charge is 2.31. The molecule has 2 atom stereocenters. The van der Waals surface area contributed by atoms with E-state index in [2.05, 4.69) is 29.8 Å². The number of fused-ring (bicyclic) bond motifs is 1. The van der Waals surface area contributed by atoms with E-state index in [4.69, 9.17) is 0 Å². The second kappa shape index (κ2) is 5.76. The number of likely N-dealkylation sites (tertiary alicyclic amines) is 1. The molecule has 1 fully saturated rings. The van der Waals surface area contributed by atoms with E-state index in [1.165, 1.54) is 17.8 Å². The normalized spacial score (nSPS) is 21.9. The zero-order chi connectivity index (χ0) is 16.0. The molecule has 120 valence electrons. The van der Waals surface area contributed by atoms with Gasteiger partial charge in [0.25, 0.3) is 5.91 Å². The Hall–Kier alpha value is -1.66. The molecule has 1 aliphatic heterocycles. The minimum atomic E-state index is 0.131. The lowest BCUT2D eigenvalue weighted by Gasteiger charge is -2.38. The van der Waals surface area contributed by atoms with Crippen molar-refractivity contribution in [2.45, 2.75) is 45.2 Å². The Morgan fingerprint density at radius 2 is 2.04 bits per heavy atom. The molecule has 0 bridgehead atoms. The number of rotatable bonds is 2. The quantitative estimate of drug-likeness (QED) is 0.684. The largest absolute Gasteiger partial charge is 0.332 e. The average molecular weight is 345 g/mol. The smallest absolute Gasteiger partial charge is 0.272 e. The lowest BCUT2D eigenvalue weighted by Crippen LogP contribution is -2.47. The summed E-state index contributed by atoms with van der Waals surface area (Å²) in [6.07, 6.45) is 5.38. The van der Waals surface area contributed by atoms with Gasteiger partial charge in [-0.25, -0.2) is 4.98 Å². The van der Waals surface area contributed by atoms with E-state index >= 15 is 0 Å². The summed E-state index contributed by atoms with van der Waals surface area (Å²) in [5.41, 5.74) is 1.68. The molecule has 0 N–H and O–H groups in total. The minimum Gasteiger partial charge on any atom is -0.332 e. The SMILES string of the molecule is CC1CCCC(C)N1C(=O)c1csc2nc(-c3cccs3)cn12. The number of hydrogen-bond donors (Lipinski definition) is 0. The number of thiazole rings is 1. The molecule has 23 heavy (non-hydrogen) atoms. The maximum atomic E-state index is 13.1. The molecule has 3 aromatic rings. The number of imidazole rings is 1. The van der Waals surface area contributed by atoms with Crippen LogP contribution in [0.5, 0.6) is 0 Å². The van der Waals surface area contributed by atoms with Gasteiger partial charge in [0.05, 0.1) is 4.88 Å². The van der Waals surface area contributed by atoms with Crippen LogP contribution in [0.15, 0.2) is 29.1 Å². The predicted molar refractivity (Wildman–Crippen MR) is 95.3 cm³/mol. The van der Waals surface area contributed by atoms with Crippen LogP contribution in [0.1, 0.15) is 43.6 Å². The molecule has 4 rings (SSSR count). The van der Waals surface area contributed by atoms with Crippen molar-refractivity contribution >= 4 is 33.5 Å². The summed E-state index contributed by atoms with van der Waals surface area (Å²) in [4.78, 5) is 21.8. The van der Waals surface area contributed by atoms with Crippen LogP contribution in [0.3, 0.4) is 0 Å². The van der Waals surface area contributed by atoms with Crippen molar-refractivity contribution in [3.63, 3.8) is 0 Å². The van der Waals surface area contributed by atoms with Gasteiger partial charge in [-0.15, -0.1) is 22.7 Å². The summed E-state index contributed by atoms with van der Waals surface area (Å²) in [6, 6.07) is 4.70. The van der Waals surface area contributed by atoms with Crippen LogP contribution < -0.4 is 0 Å². The number of aromatic nitrogens is 2. The molecular formula is C17H19N3OS2. The first-order valence-electron chi connectivity index (χ1n) is 7.98. The Morgan fingerprint density at radius 1 is 1.26 bits per heavy atom. The van der Waals surface area contributed by atoms with E-state index < -0.39 is 0 Å². The van der Waals surface area contributed by atoms with Gasteiger partial charge in [-0.1, -0.05) is 6.07 Å². The summed E-state index contributed by atoms with van der Waals surface area (Å²) in [7, 11) is 0. The molecule has 0 aromatic carbocycles. The molecule has 2 unspecified atom stereocenters. The van der Waals surface area contributed by atoms with Crippen LogP contribution in [-0.4, -0.2) is 32.3 Å². The van der Waals surface area contributed by atoms with Gasteiger partial charge in [-0.3, -0.25) is 9.20 Å². The first kappa shape index (κ1) is 14.9. The Bertz CT molecular complexity index is 823. The van der Waals surface area contributed by atoms with Crippen LogP contribution in [0.25, 0.3) is 15.5 Å². The van der Waals surface area contributed by atoms with Gasteiger partial charge in [0.1, 0.15) is 11.4 Å². The van der Waals surface area contributed by atoms with E-state index in [0.717, 1.165) is 34.1 Å². The van der Waals surface area contributed by atoms with E-state index in [9.17, 15) is 4.79 Å². The standard InChI is InChI=1S/C17H19N3OS2/c1-11-5-3-6-12(2)20(11)16(21)14-10-23-17-18-13(9-19(14)17)15-7-4-8-22-15/h4,7-12H,3,5-6H2,1-2H3. The molecule has 1 amide bonds. The zero-order valence-electron chi connectivity index (χ0n) is 13.2. The molecule has 0 spiro atoms. The number of amides is 1. The summed E-state index contributed by atoms with van der Waals surface area (Å²) >= 11 is 3.21. The summed E-state index contributed by atoms with van der Waals surface area (Å²) in [5.74, 6) is 0.131. The summed E-state index contributed by atoms with van der Waals surface area (Å²) in [6.45, 7) is 4.31. The topological polar surface area (TPSA) is 37.6 Å². The van der Waals surface area contributed by atoms with E-state index in [0.29, 0.717) is 12.1 Å². The van der Waals surface area contributed by atoms with Crippen molar-refractivity contribution in [2.24, 2.45) is 0 Å². The fraction of sp³-hybridized carbons (Fsp3) is 0.412. The van der Waals surface area contributed by atoms with Crippen molar-refractivity contribution in [3.8, 4) is 10.6 Å². The Balaban J connectivity index is 1.72. The molecule has 6 heteroatoms. The monoisotopic (exact) mass is 345 g/mol. The van der Waals surface area contributed by atoms with Crippen LogP contribution in [-0.2, 0) is 0 Å². The number of carbonyl (C=O) groups excluding carboxylic acids is 1. The predicted octanol–water partition coefficient (Wildman–Crippen LogP) is 4.53. The van der Waals surface area contributed by atoms with E-state index in [-0.39, 0.29) is 5.91 Å². The molecule has 0 aliphatic carbocycles. The Kier molecular flexibility index (Phi) is 3.73. The third kappa shape index (κ3) is 2.50. The van der Waals surface area contributed by atoms with Gasteiger partial charge in [-0.2, -0.15) is 0 Å². The van der Waals surface area contributed by atoms with Crippen molar-refractivity contribution in [2.75, 3.05) is 0 Å². The second-order valence-corrected chi connectivity index (χ2v) is 8.00. The highest BCUT2D eigenvalue weighted by atomic mass is 32.1. The van der Waals surface area contributed by atoms with Crippen LogP contribution >= 0.6 is 22.7 Å². The van der Waals surface area contributed by atoms with Crippen LogP contribution in [0.4, 0.5) is 0 Å². The maximum Gasteiger partial charge on any atom is 0.272 e. The fourth-order valence-corrected chi connectivity index (χ4v) is 4.96. The van der Waals surface area contributed by atoms with E-state index in [1.807, 2.05) is 27.4 Å². The van der Waals surface area contributed by atoms with E-state index in [1.54, 1.807) is 11.3 Å². The molecule has 4 heterocycles. The first-order valence-corrected chi connectivity index (χ1v) is 9.74. The number of carbonyl (C=O) groups is 1. The number of thiophene rings is 1. The van der Waals surface area contributed by atoms with Gasteiger partial charge in [-0.05, 0) is 44.6 Å². The van der Waals surface area contributed by atoms with Crippen molar-refractivity contribution in [3.05, 3.63) is 34.8 Å². The summed E-state index contributed by atoms with van der Waals surface area (Å²) < 4.78 is 1.95. The van der Waals surface area contributed by atoms with Crippen molar-refractivity contribution < 1.29 is 4.79 Å². The first-order chi connectivity index (χ1) is 11.1. The van der Waals surface area contributed by atoms with Gasteiger partial charge in [0.2, 0.25) is 0 Å². The lowest BCUT2D eigenvalue weighted by molar-refractivity contribution is 0.0504. The fourth-order valence-electron chi connectivity index (χ4n) is 3.43. The van der Waals surface area contributed by atoms with Gasteiger partial charge >= 0.3 is 0 Å². The second-order valence-electron chi connectivity index (χ2n) is 6.22. The number of hydrogen-bond acceptors (Lipinski definition) is 4. The molecule has 1 aliphatic rings. The Morgan fingerprint density at radius 3 is 2.74 bits per heavy atom. The lowest BCUT2D eigenvalue weighted by atomic mass is 9.97. The molecular weight excluding hydrogens is 326 g/mol. The number of nitrogens with zero attached hydrogens (tertiary/aromatic N) is 3. The van der Waals surface area contributed by atoms with Crippen molar-refractivity contribution in [1.29, 1.82) is 0 Å². The third-order valence-electron chi connectivity index (χ3n) is 4.63. The van der Waals surface area contributed by atoms with Gasteiger partial charge in [0.15, 0.2) is 4.96 Å². The zero-order valence-corrected chi connectivity index (χ0v) is 14.9. The van der Waals surface area contributed by atoms with Gasteiger partial charge < -0.3 is 4.90 Å².